The Hall–Kier alpha value is -0.331. The van der Waals surface area contributed by atoms with Crippen molar-refractivity contribution in [2.75, 3.05) is 26.3 Å². The van der Waals surface area contributed by atoms with Crippen LogP contribution in [0, 0.1) is 0 Å². The predicted octanol–water partition coefficient (Wildman–Crippen LogP) is -0.362. The van der Waals surface area contributed by atoms with E-state index in [1.54, 1.807) is 0 Å². The molecule has 2 rings (SSSR count). The Morgan fingerprint density at radius 2 is 1.27 bits per heavy atom. The van der Waals surface area contributed by atoms with E-state index in [0.29, 0.717) is 26.3 Å². The van der Waals surface area contributed by atoms with Gasteiger partial charge in [-0.2, -0.15) is 0 Å². The first kappa shape index (κ1) is 26.6. The molecule has 0 spiro atoms. The monoisotopic (exact) mass is 376 g/mol. The van der Waals surface area contributed by atoms with Crippen LogP contribution in [0.1, 0.15) is 5.71 Å². The molecule has 0 radical (unpaired) electrons. The molecule has 2 aliphatic rings. The van der Waals surface area contributed by atoms with E-state index < -0.39 is 12.3 Å². The van der Waals surface area contributed by atoms with Crippen LogP contribution in [0.4, 0.5) is 9.59 Å². The van der Waals surface area contributed by atoms with Crippen molar-refractivity contribution in [3.63, 3.8) is 0 Å². The first-order valence-electron chi connectivity index (χ1n) is 5.03. The molecular weight excluding hydrogens is 360 g/mol. The van der Waals surface area contributed by atoms with Crippen LogP contribution in [0.3, 0.4) is 0 Å². The van der Waals surface area contributed by atoms with Gasteiger partial charge in [0.1, 0.15) is 20.0 Å². The second-order valence-electron chi connectivity index (χ2n) is 2.73. The van der Waals surface area contributed by atoms with Gasteiger partial charge in [-0.3, -0.25) is 0 Å². The SMILES string of the molecule is C=O.O=C(O)OC1=NCCO1.O=C(O)OC1=NCCO1.[Ca+2].[Ca+2].[H-].[H-].[H-].[H-]. The molecule has 0 bridgehead atoms. The molecule has 0 atom stereocenters. The second-order valence-corrected chi connectivity index (χ2v) is 2.73. The smallest absolute Gasteiger partial charge is 1.00 e. The molecule has 0 saturated carbocycles. The van der Waals surface area contributed by atoms with Gasteiger partial charge in [0.05, 0.1) is 13.1 Å². The third-order valence-corrected chi connectivity index (χ3v) is 1.46. The molecule has 0 unspecified atom stereocenters. The Kier molecular flexibility index (Phi) is 20.6. The summed E-state index contributed by atoms with van der Waals surface area (Å²) in [5.74, 6) is 0. The van der Waals surface area contributed by atoms with Crippen LogP contribution in [0.2, 0.25) is 0 Å². The largest absolute Gasteiger partial charge is 2.00 e. The standard InChI is InChI=1S/2C4H5NO4.CH2O.2Ca.4H/c2*6-4(7)9-3-5-1-2-8-3;1-2;;;;;;/h2*1-2H2,(H,6,7);1H2;;;;;;/q;;;2*+2;4*-1. The van der Waals surface area contributed by atoms with Crippen LogP contribution >= 0.6 is 0 Å². The van der Waals surface area contributed by atoms with Gasteiger partial charge in [0.25, 0.3) is 0 Å². The van der Waals surface area contributed by atoms with Gasteiger partial charge >= 0.3 is 100.0 Å². The Bertz CT molecular complexity index is 383. The molecule has 120 valence electrons. The zero-order valence-electron chi connectivity index (χ0n) is 15.6. The minimum atomic E-state index is -1.39. The van der Waals surface area contributed by atoms with E-state index in [9.17, 15) is 9.59 Å². The number of nitrogens with zero attached hydrogens (tertiary/aromatic N) is 2. The Balaban J connectivity index is -0.0000000418. The molecule has 2 aliphatic heterocycles. The zero-order chi connectivity index (χ0) is 15.4. The molecule has 0 amide bonds. The summed E-state index contributed by atoms with van der Waals surface area (Å²) in [4.78, 5) is 34.7. The van der Waals surface area contributed by atoms with Gasteiger partial charge in [-0.25, -0.2) is 19.6 Å². The molecule has 22 heavy (non-hydrogen) atoms. The molecule has 2 heterocycles. The average molecular weight is 376 g/mol. The number of rotatable bonds is 0. The van der Waals surface area contributed by atoms with Crippen LogP contribution in [0.25, 0.3) is 0 Å². The third kappa shape index (κ3) is 14.6. The summed E-state index contributed by atoms with van der Waals surface area (Å²) in [7, 11) is 0. The van der Waals surface area contributed by atoms with Gasteiger partial charge in [0.15, 0.2) is 0 Å². The maximum absolute atomic E-state index is 9.77. The first-order valence-corrected chi connectivity index (χ1v) is 5.03. The molecule has 0 aromatic heterocycles. The van der Waals surface area contributed by atoms with E-state index in [4.69, 9.17) is 15.0 Å². The fourth-order valence-electron chi connectivity index (χ4n) is 0.904. The van der Waals surface area contributed by atoms with Crippen molar-refractivity contribution in [3.05, 3.63) is 0 Å². The van der Waals surface area contributed by atoms with Gasteiger partial charge in [-0.15, -0.1) is 0 Å². The summed E-state index contributed by atoms with van der Waals surface area (Å²) >= 11 is 0. The minimum Gasteiger partial charge on any atom is -1.00 e. The molecule has 0 aromatic rings. The van der Waals surface area contributed by atoms with Crippen molar-refractivity contribution in [1.82, 2.24) is 0 Å². The number of ether oxygens (including phenoxy) is 4. The molecule has 2 N–H and O–H groups in total. The molecule has 0 saturated heterocycles. The summed E-state index contributed by atoms with van der Waals surface area (Å²) in [5, 5.41) is 16.0. The van der Waals surface area contributed by atoms with Gasteiger partial charge in [0.2, 0.25) is 0 Å². The first-order chi connectivity index (χ1) is 9.58. The van der Waals surface area contributed by atoms with Crippen LogP contribution < -0.4 is 0 Å². The number of carbonyl (C=O) groups is 3. The van der Waals surface area contributed by atoms with Crippen molar-refractivity contribution in [3.8, 4) is 0 Å². The molecule has 0 aromatic carbocycles. The Morgan fingerprint density at radius 3 is 1.45 bits per heavy atom. The fraction of sp³-hybridized carbons (Fsp3) is 0.444. The van der Waals surface area contributed by atoms with Crippen LogP contribution in [-0.4, -0.2) is 143 Å². The summed E-state index contributed by atoms with van der Waals surface area (Å²) in [5.41, 5.74) is 0. The summed E-state index contributed by atoms with van der Waals surface area (Å²) in [6.07, 6.45) is -3.09. The molecule has 0 fully saturated rings. The van der Waals surface area contributed by atoms with Gasteiger partial charge in [0, 0.05) is 0 Å². The van der Waals surface area contributed by atoms with Crippen LogP contribution in [0.15, 0.2) is 9.98 Å². The van der Waals surface area contributed by atoms with E-state index in [2.05, 4.69) is 28.9 Å². The predicted molar refractivity (Wildman–Crippen MR) is 77.8 cm³/mol. The number of hydrogen-bond donors (Lipinski definition) is 2. The topological polar surface area (TPSA) is 153 Å². The van der Waals surface area contributed by atoms with E-state index in [0.717, 1.165) is 0 Å². The van der Waals surface area contributed by atoms with Crippen LogP contribution in [-0.2, 0) is 23.7 Å². The van der Waals surface area contributed by atoms with Crippen LogP contribution in [0.5, 0.6) is 0 Å². The van der Waals surface area contributed by atoms with E-state index in [1.165, 1.54) is 0 Å². The minimum absolute atomic E-state index is 0. The Labute approximate surface area is 190 Å². The number of aliphatic imine (C=N–C) groups is 2. The summed E-state index contributed by atoms with van der Waals surface area (Å²) < 4.78 is 17.3. The Morgan fingerprint density at radius 1 is 0.955 bits per heavy atom. The number of carboxylic acid groups (broad SMARTS) is 2. The van der Waals surface area contributed by atoms with Gasteiger partial charge < -0.3 is 39.7 Å². The zero-order valence-corrected chi connectivity index (χ0v) is 16.0. The van der Waals surface area contributed by atoms with Gasteiger partial charge in [-0.05, 0) is 0 Å². The quantitative estimate of drug-likeness (QED) is 0.426. The molecule has 13 heteroatoms. The van der Waals surface area contributed by atoms with Crippen molar-refractivity contribution < 1.29 is 49.3 Å². The molecular formula is C9H16Ca2N2O9. The summed E-state index contributed by atoms with van der Waals surface area (Å²) in [6.45, 7) is 3.76. The fourth-order valence-corrected chi connectivity index (χ4v) is 0.904. The summed E-state index contributed by atoms with van der Waals surface area (Å²) in [6, 6.07) is 0. The normalized spacial score (nSPS) is 13.5. The van der Waals surface area contributed by atoms with E-state index in [-0.39, 0.29) is 93.4 Å². The maximum Gasteiger partial charge on any atom is 2.00 e. The van der Waals surface area contributed by atoms with Crippen molar-refractivity contribution in [1.29, 1.82) is 0 Å². The second kappa shape index (κ2) is 17.0. The van der Waals surface area contributed by atoms with Crippen molar-refractivity contribution in [2.45, 2.75) is 0 Å². The van der Waals surface area contributed by atoms with Crippen molar-refractivity contribution in [2.24, 2.45) is 9.98 Å². The van der Waals surface area contributed by atoms with Gasteiger partial charge in [-0.1, -0.05) is 0 Å². The average Bonchev–Trinajstić information content (AvgIpc) is 3.04. The third-order valence-electron chi connectivity index (χ3n) is 1.46. The maximum atomic E-state index is 9.77. The van der Waals surface area contributed by atoms with E-state index in [1.807, 2.05) is 6.79 Å². The molecule has 11 nitrogen and oxygen atoms in total. The number of hydrogen-bond acceptors (Lipinski definition) is 9. The van der Waals surface area contributed by atoms with E-state index >= 15 is 0 Å². The molecule has 0 aliphatic carbocycles. The number of carbonyl (C=O) groups excluding carboxylic acids is 1. The van der Waals surface area contributed by atoms with Crippen molar-refractivity contribution >= 4 is 107 Å².